The van der Waals surface area contributed by atoms with Gasteiger partial charge >= 0.3 is 0 Å². The number of nitrogens with one attached hydrogen (secondary N) is 3. The molecule has 3 rings (SSSR count). The van der Waals surface area contributed by atoms with Gasteiger partial charge in [-0.15, -0.1) is 0 Å². The van der Waals surface area contributed by atoms with Crippen LogP contribution < -0.4 is 21.1 Å². The van der Waals surface area contributed by atoms with Crippen molar-refractivity contribution < 1.29 is 4.79 Å². The van der Waals surface area contributed by atoms with Crippen molar-refractivity contribution >= 4 is 11.7 Å². The summed E-state index contributed by atoms with van der Waals surface area (Å²) in [6.07, 6.45) is 6.28. The van der Waals surface area contributed by atoms with Crippen molar-refractivity contribution in [3.05, 3.63) is 23.9 Å². The predicted molar refractivity (Wildman–Crippen MR) is 105 cm³/mol. The van der Waals surface area contributed by atoms with E-state index in [9.17, 15) is 4.79 Å². The van der Waals surface area contributed by atoms with Crippen LogP contribution >= 0.6 is 0 Å². The lowest BCUT2D eigenvalue weighted by Gasteiger charge is -2.31. The first-order valence-corrected chi connectivity index (χ1v) is 10.00. The van der Waals surface area contributed by atoms with Crippen molar-refractivity contribution in [2.45, 2.75) is 65.1 Å². The van der Waals surface area contributed by atoms with Gasteiger partial charge in [-0.3, -0.25) is 10.2 Å². The van der Waals surface area contributed by atoms with Gasteiger partial charge in [0.1, 0.15) is 11.9 Å². The molecule has 1 aromatic heterocycles. The molecule has 2 fully saturated rings. The van der Waals surface area contributed by atoms with Gasteiger partial charge in [0.2, 0.25) is 5.91 Å². The van der Waals surface area contributed by atoms with Gasteiger partial charge in [0, 0.05) is 31.9 Å². The summed E-state index contributed by atoms with van der Waals surface area (Å²) in [5.74, 6) is 2.55. The zero-order valence-electron chi connectivity index (χ0n) is 16.3. The monoisotopic (exact) mass is 359 g/mol. The van der Waals surface area contributed by atoms with Crippen molar-refractivity contribution in [3.63, 3.8) is 0 Å². The molecule has 6 heteroatoms. The standard InChI is InChI=1S/C20H33N5O/c1-14(2)10-17-11-18(24-23-17)20(26)22-13-16-4-5-19(21-12-16)25-8-6-15(3)7-9-25/h4-5,12,14-15,17-18,23-24H,6-11,13H2,1-3H3,(H,22,26). The number of amides is 1. The molecule has 0 aliphatic carbocycles. The van der Waals surface area contributed by atoms with Crippen LogP contribution in [-0.2, 0) is 11.3 Å². The predicted octanol–water partition coefficient (Wildman–Crippen LogP) is 2.22. The Morgan fingerprint density at radius 3 is 2.73 bits per heavy atom. The third kappa shape index (κ3) is 5.17. The van der Waals surface area contributed by atoms with Gasteiger partial charge in [-0.25, -0.2) is 10.4 Å². The molecule has 0 aromatic carbocycles. The summed E-state index contributed by atoms with van der Waals surface area (Å²) in [6, 6.07) is 4.37. The first-order chi connectivity index (χ1) is 12.5. The van der Waals surface area contributed by atoms with Gasteiger partial charge in [0.25, 0.3) is 0 Å². The van der Waals surface area contributed by atoms with Gasteiger partial charge in [-0.2, -0.15) is 0 Å². The first kappa shape index (κ1) is 19.1. The summed E-state index contributed by atoms with van der Waals surface area (Å²) in [4.78, 5) is 19.3. The van der Waals surface area contributed by atoms with Crippen LogP contribution in [-0.4, -0.2) is 36.1 Å². The van der Waals surface area contributed by atoms with Crippen LogP contribution in [0.25, 0.3) is 0 Å². The first-order valence-electron chi connectivity index (χ1n) is 10.00. The van der Waals surface area contributed by atoms with Gasteiger partial charge in [0.05, 0.1) is 0 Å². The van der Waals surface area contributed by atoms with Gasteiger partial charge in [0.15, 0.2) is 0 Å². The number of piperidine rings is 1. The zero-order valence-corrected chi connectivity index (χ0v) is 16.3. The Morgan fingerprint density at radius 2 is 2.08 bits per heavy atom. The van der Waals surface area contributed by atoms with E-state index in [2.05, 4.69) is 59.0 Å². The molecular formula is C20H33N5O. The third-order valence-electron chi connectivity index (χ3n) is 5.44. The molecule has 2 unspecified atom stereocenters. The number of pyridine rings is 1. The zero-order chi connectivity index (χ0) is 18.5. The third-order valence-corrected chi connectivity index (χ3v) is 5.44. The second-order valence-corrected chi connectivity index (χ2v) is 8.32. The number of rotatable bonds is 6. The molecule has 2 saturated heterocycles. The molecular weight excluding hydrogens is 326 g/mol. The second-order valence-electron chi connectivity index (χ2n) is 8.32. The summed E-state index contributed by atoms with van der Waals surface area (Å²) >= 11 is 0. The number of nitrogens with zero attached hydrogens (tertiary/aromatic N) is 2. The smallest absolute Gasteiger partial charge is 0.238 e. The molecule has 3 heterocycles. The molecule has 0 bridgehead atoms. The minimum Gasteiger partial charge on any atom is -0.357 e. The average Bonchev–Trinajstić information content (AvgIpc) is 3.09. The van der Waals surface area contributed by atoms with E-state index in [4.69, 9.17) is 0 Å². The lowest BCUT2D eigenvalue weighted by molar-refractivity contribution is -0.123. The number of anilines is 1. The van der Waals surface area contributed by atoms with E-state index in [-0.39, 0.29) is 11.9 Å². The average molecular weight is 360 g/mol. The maximum atomic E-state index is 12.4. The molecule has 0 spiro atoms. The van der Waals surface area contributed by atoms with Crippen LogP contribution in [0.3, 0.4) is 0 Å². The summed E-state index contributed by atoms with van der Waals surface area (Å²) < 4.78 is 0. The minimum absolute atomic E-state index is 0.0536. The largest absolute Gasteiger partial charge is 0.357 e. The molecule has 2 aliphatic rings. The molecule has 1 aromatic rings. The van der Waals surface area contributed by atoms with Crippen molar-refractivity contribution in [2.75, 3.05) is 18.0 Å². The van der Waals surface area contributed by atoms with Crippen LogP contribution in [0.4, 0.5) is 5.82 Å². The topological polar surface area (TPSA) is 69.3 Å². The molecule has 6 nitrogen and oxygen atoms in total. The summed E-state index contributed by atoms with van der Waals surface area (Å²) in [6.45, 7) is 9.42. The Labute approximate surface area is 157 Å². The highest BCUT2D eigenvalue weighted by atomic mass is 16.2. The second kappa shape index (κ2) is 8.82. The Bertz CT molecular complexity index is 580. The van der Waals surface area contributed by atoms with E-state index in [0.29, 0.717) is 18.5 Å². The highest BCUT2D eigenvalue weighted by molar-refractivity contribution is 5.82. The fourth-order valence-electron chi connectivity index (χ4n) is 3.78. The van der Waals surface area contributed by atoms with E-state index in [1.807, 2.05) is 6.20 Å². The van der Waals surface area contributed by atoms with Crippen molar-refractivity contribution in [1.82, 2.24) is 21.2 Å². The molecule has 1 amide bonds. The molecule has 3 N–H and O–H groups in total. The number of carbonyl (C=O) groups is 1. The summed E-state index contributed by atoms with van der Waals surface area (Å²) in [5.41, 5.74) is 7.39. The number of carbonyl (C=O) groups excluding carboxylic acids is 1. The van der Waals surface area contributed by atoms with E-state index in [1.54, 1.807) is 0 Å². The Morgan fingerprint density at radius 1 is 1.31 bits per heavy atom. The number of aromatic nitrogens is 1. The Kier molecular flexibility index (Phi) is 6.48. The van der Waals surface area contributed by atoms with Crippen LogP contribution in [0, 0.1) is 11.8 Å². The quantitative estimate of drug-likeness (QED) is 0.727. The van der Waals surface area contributed by atoms with E-state index < -0.39 is 0 Å². The summed E-state index contributed by atoms with van der Waals surface area (Å²) in [7, 11) is 0. The van der Waals surface area contributed by atoms with Crippen LogP contribution in [0.5, 0.6) is 0 Å². The molecule has 144 valence electrons. The van der Waals surface area contributed by atoms with Crippen molar-refractivity contribution in [2.24, 2.45) is 11.8 Å². The molecule has 0 saturated carbocycles. The van der Waals surface area contributed by atoms with Crippen molar-refractivity contribution in [3.8, 4) is 0 Å². The lowest BCUT2D eigenvalue weighted by atomic mass is 9.99. The normalized spacial score (nSPS) is 24.2. The minimum atomic E-state index is -0.152. The van der Waals surface area contributed by atoms with Gasteiger partial charge in [-0.1, -0.05) is 26.8 Å². The number of hydrazine groups is 1. The fourth-order valence-corrected chi connectivity index (χ4v) is 3.78. The van der Waals surface area contributed by atoms with E-state index >= 15 is 0 Å². The number of hydrogen-bond acceptors (Lipinski definition) is 5. The van der Waals surface area contributed by atoms with Crippen LogP contribution in [0.15, 0.2) is 18.3 Å². The highest BCUT2D eigenvalue weighted by Gasteiger charge is 2.29. The molecule has 26 heavy (non-hydrogen) atoms. The molecule has 2 atom stereocenters. The lowest BCUT2D eigenvalue weighted by Crippen LogP contribution is -2.43. The Hall–Kier alpha value is -1.66. The van der Waals surface area contributed by atoms with Crippen LogP contribution in [0.1, 0.15) is 52.0 Å². The maximum absolute atomic E-state index is 12.4. The van der Waals surface area contributed by atoms with E-state index in [1.165, 1.54) is 12.8 Å². The van der Waals surface area contributed by atoms with Crippen molar-refractivity contribution in [1.29, 1.82) is 0 Å². The van der Waals surface area contributed by atoms with Gasteiger partial charge < -0.3 is 10.2 Å². The fraction of sp³-hybridized carbons (Fsp3) is 0.700. The number of hydrogen-bond donors (Lipinski definition) is 3. The maximum Gasteiger partial charge on any atom is 0.238 e. The molecule has 2 aliphatic heterocycles. The van der Waals surface area contributed by atoms with E-state index in [0.717, 1.165) is 43.2 Å². The molecule has 0 radical (unpaired) electrons. The van der Waals surface area contributed by atoms with Crippen LogP contribution in [0.2, 0.25) is 0 Å². The van der Waals surface area contributed by atoms with Gasteiger partial charge in [-0.05, 0) is 49.1 Å². The Balaban J connectivity index is 1.44. The SMILES string of the molecule is CC(C)CC1CC(C(=O)NCc2ccc(N3CCC(C)CC3)nc2)NN1. The highest BCUT2D eigenvalue weighted by Crippen LogP contribution is 2.21. The summed E-state index contributed by atoms with van der Waals surface area (Å²) in [5, 5.41) is 3.02.